The minimum absolute atomic E-state index is 0.0331. The molecule has 1 aromatic carbocycles. The Labute approximate surface area is 112 Å². The first kappa shape index (κ1) is 15.2. The Kier molecular flexibility index (Phi) is 4.94. The van der Waals surface area contributed by atoms with E-state index in [0.717, 1.165) is 13.0 Å². The van der Waals surface area contributed by atoms with E-state index in [1.54, 1.807) is 0 Å². The zero-order chi connectivity index (χ0) is 13.8. The minimum atomic E-state index is 0.0331. The number of nitrogens with two attached hydrogens (primary N) is 1. The maximum atomic E-state index is 5.69. The molecule has 0 saturated heterocycles. The standard InChI is InChI=1S/C16H28N2/c1-15(2,3)14-8-6-13(7-9-14)10-11-18-16(4,5)12-17/h6-9,18H,10-12,17H2,1-5H3. The Bertz CT molecular complexity index is 358. The molecule has 0 amide bonds. The average molecular weight is 248 g/mol. The summed E-state index contributed by atoms with van der Waals surface area (Å²) < 4.78 is 0. The van der Waals surface area contributed by atoms with Gasteiger partial charge < -0.3 is 11.1 Å². The predicted molar refractivity (Wildman–Crippen MR) is 80.0 cm³/mol. The SMILES string of the molecule is CC(C)(CN)NCCc1ccc(C(C)(C)C)cc1. The van der Waals surface area contributed by atoms with E-state index >= 15 is 0 Å². The van der Waals surface area contributed by atoms with Crippen LogP contribution < -0.4 is 11.1 Å². The van der Waals surface area contributed by atoms with Crippen LogP contribution in [-0.4, -0.2) is 18.6 Å². The van der Waals surface area contributed by atoms with E-state index in [9.17, 15) is 0 Å². The first-order valence-corrected chi connectivity index (χ1v) is 6.79. The summed E-state index contributed by atoms with van der Waals surface area (Å²) in [6, 6.07) is 8.95. The molecule has 2 nitrogen and oxygen atoms in total. The highest BCUT2D eigenvalue weighted by molar-refractivity contribution is 5.27. The van der Waals surface area contributed by atoms with Crippen LogP contribution in [0.1, 0.15) is 45.7 Å². The van der Waals surface area contributed by atoms with Crippen molar-refractivity contribution in [2.45, 2.75) is 52.0 Å². The number of hydrogen-bond donors (Lipinski definition) is 2. The second kappa shape index (κ2) is 5.85. The molecule has 18 heavy (non-hydrogen) atoms. The van der Waals surface area contributed by atoms with Gasteiger partial charge in [0.25, 0.3) is 0 Å². The van der Waals surface area contributed by atoms with Gasteiger partial charge in [0.15, 0.2) is 0 Å². The molecule has 0 aliphatic carbocycles. The zero-order valence-electron chi connectivity index (χ0n) is 12.5. The van der Waals surface area contributed by atoms with Crippen LogP contribution in [0, 0.1) is 0 Å². The summed E-state index contributed by atoms with van der Waals surface area (Å²) in [6.07, 6.45) is 1.05. The lowest BCUT2D eigenvalue weighted by atomic mass is 9.86. The summed E-state index contributed by atoms with van der Waals surface area (Å²) >= 11 is 0. The fourth-order valence-electron chi connectivity index (χ4n) is 1.79. The van der Waals surface area contributed by atoms with Gasteiger partial charge >= 0.3 is 0 Å². The summed E-state index contributed by atoms with van der Waals surface area (Å²) in [5.74, 6) is 0. The average Bonchev–Trinajstić information content (AvgIpc) is 2.28. The van der Waals surface area contributed by atoms with Gasteiger partial charge in [0, 0.05) is 12.1 Å². The second-order valence-corrected chi connectivity index (χ2v) is 6.71. The molecule has 0 bridgehead atoms. The Morgan fingerprint density at radius 3 is 2.00 bits per heavy atom. The van der Waals surface area contributed by atoms with E-state index in [2.05, 4.69) is 64.2 Å². The third-order valence-electron chi connectivity index (χ3n) is 3.35. The molecule has 0 saturated carbocycles. The number of rotatable bonds is 5. The monoisotopic (exact) mass is 248 g/mol. The third-order valence-corrected chi connectivity index (χ3v) is 3.35. The zero-order valence-corrected chi connectivity index (χ0v) is 12.5. The van der Waals surface area contributed by atoms with Crippen molar-refractivity contribution in [1.82, 2.24) is 5.32 Å². The summed E-state index contributed by atoms with van der Waals surface area (Å²) in [5.41, 5.74) is 8.73. The van der Waals surface area contributed by atoms with Gasteiger partial charge in [0.05, 0.1) is 0 Å². The van der Waals surface area contributed by atoms with Gasteiger partial charge in [0.1, 0.15) is 0 Å². The topological polar surface area (TPSA) is 38.0 Å². The smallest absolute Gasteiger partial charge is 0.0247 e. The molecule has 1 rings (SSSR count). The Balaban J connectivity index is 2.50. The molecule has 102 valence electrons. The van der Waals surface area contributed by atoms with Crippen molar-refractivity contribution < 1.29 is 0 Å². The van der Waals surface area contributed by atoms with Gasteiger partial charge in [-0.1, -0.05) is 45.0 Å². The summed E-state index contributed by atoms with van der Waals surface area (Å²) in [5, 5.41) is 3.48. The van der Waals surface area contributed by atoms with Crippen LogP contribution in [-0.2, 0) is 11.8 Å². The summed E-state index contributed by atoms with van der Waals surface area (Å²) in [7, 11) is 0. The molecule has 0 fully saturated rings. The molecular weight excluding hydrogens is 220 g/mol. The van der Waals surface area contributed by atoms with E-state index in [4.69, 9.17) is 5.73 Å². The van der Waals surface area contributed by atoms with Crippen molar-refractivity contribution in [3.8, 4) is 0 Å². The van der Waals surface area contributed by atoms with Gasteiger partial charge in [-0.3, -0.25) is 0 Å². The lowest BCUT2D eigenvalue weighted by Gasteiger charge is -2.24. The molecule has 0 unspecified atom stereocenters. The molecule has 0 spiro atoms. The van der Waals surface area contributed by atoms with Crippen LogP contribution in [0.4, 0.5) is 0 Å². The van der Waals surface area contributed by atoms with Crippen molar-refractivity contribution in [2.24, 2.45) is 5.73 Å². The van der Waals surface area contributed by atoms with Gasteiger partial charge in [-0.15, -0.1) is 0 Å². The minimum Gasteiger partial charge on any atom is -0.329 e. The molecule has 0 atom stereocenters. The molecule has 0 radical (unpaired) electrons. The van der Waals surface area contributed by atoms with Crippen LogP contribution in [0.3, 0.4) is 0 Å². The molecule has 0 aromatic heterocycles. The Morgan fingerprint density at radius 1 is 1.00 bits per heavy atom. The second-order valence-electron chi connectivity index (χ2n) is 6.71. The van der Waals surface area contributed by atoms with Gasteiger partial charge in [-0.25, -0.2) is 0 Å². The summed E-state index contributed by atoms with van der Waals surface area (Å²) in [4.78, 5) is 0. The van der Waals surface area contributed by atoms with Crippen LogP contribution >= 0.6 is 0 Å². The number of hydrogen-bond acceptors (Lipinski definition) is 2. The van der Waals surface area contributed by atoms with Crippen LogP contribution in [0.25, 0.3) is 0 Å². The van der Waals surface area contributed by atoms with Gasteiger partial charge in [0.2, 0.25) is 0 Å². The van der Waals surface area contributed by atoms with Gasteiger partial charge in [-0.2, -0.15) is 0 Å². The van der Waals surface area contributed by atoms with Crippen molar-refractivity contribution in [2.75, 3.05) is 13.1 Å². The van der Waals surface area contributed by atoms with E-state index in [0.29, 0.717) is 6.54 Å². The lowest BCUT2D eigenvalue weighted by Crippen LogP contribution is -2.46. The third kappa shape index (κ3) is 4.79. The van der Waals surface area contributed by atoms with Crippen molar-refractivity contribution in [3.63, 3.8) is 0 Å². The quantitative estimate of drug-likeness (QED) is 0.841. The first-order valence-electron chi connectivity index (χ1n) is 6.79. The Hall–Kier alpha value is -0.860. The highest BCUT2D eigenvalue weighted by atomic mass is 15.0. The van der Waals surface area contributed by atoms with Crippen molar-refractivity contribution in [1.29, 1.82) is 0 Å². The Morgan fingerprint density at radius 2 is 1.56 bits per heavy atom. The van der Waals surface area contributed by atoms with E-state index < -0.39 is 0 Å². The maximum Gasteiger partial charge on any atom is 0.0247 e. The molecule has 1 aromatic rings. The van der Waals surface area contributed by atoms with Crippen LogP contribution in [0.15, 0.2) is 24.3 Å². The highest BCUT2D eigenvalue weighted by Gasteiger charge is 2.14. The van der Waals surface area contributed by atoms with Crippen LogP contribution in [0.5, 0.6) is 0 Å². The maximum absolute atomic E-state index is 5.69. The molecular formula is C16H28N2. The molecule has 0 aliphatic heterocycles. The molecule has 2 heteroatoms. The molecule has 0 heterocycles. The first-order chi connectivity index (χ1) is 8.24. The van der Waals surface area contributed by atoms with E-state index in [1.165, 1.54) is 11.1 Å². The molecule has 3 N–H and O–H groups in total. The lowest BCUT2D eigenvalue weighted by molar-refractivity contribution is 0.402. The normalized spacial score (nSPS) is 12.8. The fourth-order valence-corrected chi connectivity index (χ4v) is 1.79. The summed E-state index contributed by atoms with van der Waals surface area (Å²) in [6.45, 7) is 12.6. The number of benzene rings is 1. The van der Waals surface area contributed by atoms with Crippen molar-refractivity contribution in [3.05, 3.63) is 35.4 Å². The molecule has 0 aliphatic rings. The number of nitrogens with one attached hydrogen (secondary N) is 1. The predicted octanol–water partition coefficient (Wildman–Crippen LogP) is 2.85. The fraction of sp³-hybridized carbons (Fsp3) is 0.625. The highest BCUT2D eigenvalue weighted by Crippen LogP contribution is 2.22. The van der Waals surface area contributed by atoms with E-state index in [1.807, 2.05) is 0 Å². The van der Waals surface area contributed by atoms with Crippen molar-refractivity contribution >= 4 is 0 Å². The van der Waals surface area contributed by atoms with E-state index in [-0.39, 0.29) is 11.0 Å². The van der Waals surface area contributed by atoms with Gasteiger partial charge in [-0.05, 0) is 43.4 Å². The largest absolute Gasteiger partial charge is 0.329 e. The van der Waals surface area contributed by atoms with Crippen LogP contribution in [0.2, 0.25) is 0 Å².